The zero-order chi connectivity index (χ0) is 16.9. The molecule has 0 fully saturated rings. The molecular formula is C20H29NO2. The topological polar surface area (TPSA) is 29.5 Å². The standard InChI is InChI=1S/C20H29NO2/c1-4-6-16-21(17-7-5-2)20(22)11-9-8-10-18-12-14-19(23-3)15-13-18/h8-15H,4-7,16-17H2,1-3H3/b10-8+,11-9+. The molecule has 0 heterocycles. The van der Waals surface area contributed by atoms with Crippen LogP contribution in [0.2, 0.25) is 0 Å². The lowest BCUT2D eigenvalue weighted by atomic mass is 10.2. The Balaban J connectivity index is 2.54. The van der Waals surface area contributed by atoms with E-state index in [1.807, 2.05) is 47.4 Å². The number of carbonyl (C=O) groups is 1. The number of benzene rings is 1. The number of rotatable bonds is 10. The second-order valence-corrected chi connectivity index (χ2v) is 5.52. The average Bonchev–Trinajstić information content (AvgIpc) is 2.59. The number of ether oxygens (including phenoxy) is 1. The molecule has 0 bridgehead atoms. The van der Waals surface area contributed by atoms with Crippen LogP contribution in [0.4, 0.5) is 0 Å². The molecule has 1 amide bonds. The third kappa shape index (κ3) is 7.68. The van der Waals surface area contributed by atoms with Crippen LogP contribution in [0.1, 0.15) is 45.1 Å². The predicted molar refractivity (Wildman–Crippen MR) is 97.6 cm³/mol. The van der Waals surface area contributed by atoms with Gasteiger partial charge in [0.1, 0.15) is 5.75 Å². The van der Waals surface area contributed by atoms with E-state index in [0.29, 0.717) is 0 Å². The Morgan fingerprint density at radius 1 is 1.04 bits per heavy atom. The fourth-order valence-corrected chi connectivity index (χ4v) is 2.16. The number of unbranched alkanes of at least 4 members (excludes halogenated alkanes) is 2. The summed E-state index contributed by atoms with van der Waals surface area (Å²) in [5.74, 6) is 0.946. The number of hydrogen-bond acceptors (Lipinski definition) is 2. The maximum absolute atomic E-state index is 12.2. The van der Waals surface area contributed by atoms with Crippen molar-refractivity contribution >= 4 is 12.0 Å². The Labute approximate surface area is 140 Å². The molecule has 0 aliphatic carbocycles. The zero-order valence-electron chi connectivity index (χ0n) is 14.6. The molecule has 23 heavy (non-hydrogen) atoms. The molecule has 0 aliphatic heterocycles. The van der Waals surface area contributed by atoms with Crippen LogP contribution < -0.4 is 4.74 Å². The van der Waals surface area contributed by atoms with Crippen molar-refractivity contribution in [1.29, 1.82) is 0 Å². The highest BCUT2D eigenvalue weighted by Gasteiger charge is 2.08. The van der Waals surface area contributed by atoms with Crippen molar-refractivity contribution < 1.29 is 9.53 Å². The quantitative estimate of drug-likeness (QED) is 0.463. The number of nitrogens with zero attached hydrogens (tertiary/aromatic N) is 1. The first-order valence-electron chi connectivity index (χ1n) is 8.49. The minimum atomic E-state index is 0.103. The van der Waals surface area contributed by atoms with Gasteiger partial charge in [0, 0.05) is 19.2 Å². The van der Waals surface area contributed by atoms with Gasteiger partial charge in [0.2, 0.25) is 5.91 Å². The van der Waals surface area contributed by atoms with E-state index in [1.165, 1.54) is 0 Å². The summed E-state index contributed by atoms with van der Waals surface area (Å²) in [6.07, 6.45) is 11.7. The largest absolute Gasteiger partial charge is 0.497 e. The Bertz CT molecular complexity index is 495. The number of methoxy groups -OCH3 is 1. The Kier molecular flexibility index (Phi) is 9.53. The van der Waals surface area contributed by atoms with Gasteiger partial charge in [-0.3, -0.25) is 4.79 Å². The van der Waals surface area contributed by atoms with Crippen LogP contribution in [0.3, 0.4) is 0 Å². The lowest BCUT2D eigenvalue weighted by Crippen LogP contribution is -2.31. The Morgan fingerprint density at radius 3 is 2.17 bits per heavy atom. The van der Waals surface area contributed by atoms with Crippen molar-refractivity contribution in [1.82, 2.24) is 4.90 Å². The van der Waals surface area contributed by atoms with E-state index in [-0.39, 0.29) is 5.91 Å². The zero-order valence-corrected chi connectivity index (χ0v) is 14.6. The van der Waals surface area contributed by atoms with Crippen LogP contribution in [0, 0.1) is 0 Å². The summed E-state index contributed by atoms with van der Waals surface area (Å²) >= 11 is 0. The van der Waals surface area contributed by atoms with Gasteiger partial charge < -0.3 is 9.64 Å². The highest BCUT2D eigenvalue weighted by atomic mass is 16.5. The van der Waals surface area contributed by atoms with E-state index in [4.69, 9.17) is 4.74 Å². The predicted octanol–water partition coefficient (Wildman–Crippen LogP) is 4.69. The van der Waals surface area contributed by atoms with Gasteiger partial charge in [-0.1, -0.05) is 57.0 Å². The lowest BCUT2D eigenvalue weighted by molar-refractivity contribution is -0.126. The van der Waals surface area contributed by atoms with Gasteiger partial charge in [-0.05, 0) is 30.5 Å². The van der Waals surface area contributed by atoms with Crippen LogP contribution in [0.15, 0.2) is 42.5 Å². The molecule has 1 aromatic rings. The summed E-state index contributed by atoms with van der Waals surface area (Å²) in [7, 11) is 1.65. The van der Waals surface area contributed by atoms with Crippen LogP contribution >= 0.6 is 0 Å². The summed E-state index contributed by atoms with van der Waals surface area (Å²) < 4.78 is 5.13. The number of amides is 1. The molecule has 0 radical (unpaired) electrons. The molecule has 0 N–H and O–H groups in total. The van der Waals surface area contributed by atoms with Crippen molar-refractivity contribution in [2.24, 2.45) is 0 Å². The van der Waals surface area contributed by atoms with E-state index in [2.05, 4.69) is 13.8 Å². The minimum Gasteiger partial charge on any atom is -0.497 e. The maximum Gasteiger partial charge on any atom is 0.246 e. The van der Waals surface area contributed by atoms with Gasteiger partial charge in [0.05, 0.1) is 7.11 Å². The molecule has 0 atom stereocenters. The van der Waals surface area contributed by atoms with Gasteiger partial charge in [-0.25, -0.2) is 0 Å². The fourth-order valence-electron chi connectivity index (χ4n) is 2.16. The van der Waals surface area contributed by atoms with Gasteiger partial charge in [-0.15, -0.1) is 0 Å². The molecule has 0 unspecified atom stereocenters. The summed E-state index contributed by atoms with van der Waals surface area (Å²) in [4.78, 5) is 14.2. The number of hydrogen-bond donors (Lipinski definition) is 0. The minimum absolute atomic E-state index is 0.103. The van der Waals surface area contributed by atoms with Crippen molar-refractivity contribution in [3.05, 3.63) is 48.1 Å². The number of carbonyl (C=O) groups excluding carboxylic acids is 1. The Hall–Kier alpha value is -2.03. The van der Waals surface area contributed by atoms with Gasteiger partial charge in [-0.2, -0.15) is 0 Å². The SMILES string of the molecule is CCCCN(CCCC)C(=O)/C=C/C=C/c1ccc(OC)cc1. The highest BCUT2D eigenvalue weighted by Crippen LogP contribution is 2.12. The molecular weight excluding hydrogens is 286 g/mol. The Morgan fingerprint density at radius 2 is 1.65 bits per heavy atom. The molecule has 0 aromatic heterocycles. The van der Waals surface area contributed by atoms with Gasteiger partial charge >= 0.3 is 0 Å². The normalized spacial score (nSPS) is 11.3. The van der Waals surface area contributed by atoms with Crippen LogP contribution in [-0.2, 0) is 4.79 Å². The smallest absolute Gasteiger partial charge is 0.246 e. The lowest BCUT2D eigenvalue weighted by Gasteiger charge is -2.20. The van der Waals surface area contributed by atoms with Crippen molar-refractivity contribution in [2.45, 2.75) is 39.5 Å². The molecule has 0 aliphatic rings. The second kappa shape index (κ2) is 11.5. The first-order chi connectivity index (χ1) is 11.2. The molecule has 1 aromatic carbocycles. The van der Waals surface area contributed by atoms with Crippen LogP contribution in [0.25, 0.3) is 6.08 Å². The summed E-state index contributed by atoms with van der Waals surface area (Å²) in [5, 5.41) is 0. The van der Waals surface area contributed by atoms with Crippen molar-refractivity contribution in [3.63, 3.8) is 0 Å². The monoisotopic (exact) mass is 315 g/mol. The number of allylic oxidation sites excluding steroid dienone is 2. The molecule has 1 rings (SSSR count). The second-order valence-electron chi connectivity index (χ2n) is 5.52. The molecule has 0 saturated carbocycles. The van der Waals surface area contributed by atoms with Crippen molar-refractivity contribution in [2.75, 3.05) is 20.2 Å². The van der Waals surface area contributed by atoms with E-state index < -0.39 is 0 Å². The van der Waals surface area contributed by atoms with E-state index >= 15 is 0 Å². The fraction of sp³-hybridized carbons (Fsp3) is 0.450. The third-order valence-electron chi connectivity index (χ3n) is 3.63. The first-order valence-corrected chi connectivity index (χ1v) is 8.49. The molecule has 0 spiro atoms. The summed E-state index contributed by atoms with van der Waals surface area (Å²) in [6, 6.07) is 7.82. The molecule has 0 saturated heterocycles. The highest BCUT2D eigenvalue weighted by molar-refractivity contribution is 5.88. The third-order valence-corrected chi connectivity index (χ3v) is 3.63. The van der Waals surface area contributed by atoms with Crippen LogP contribution in [-0.4, -0.2) is 31.0 Å². The van der Waals surface area contributed by atoms with Crippen molar-refractivity contribution in [3.8, 4) is 5.75 Å². The molecule has 3 heteroatoms. The molecule has 3 nitrogen and oxygen atoms in total. The van der Waals surface area contributed by atoms with E-state index in [9.17, 15) is 4.79 Å². The van der Waals surface area contributed by atoms with Gasteiger partial charge in [0.15, 0.2) is 0 Å². The van der Waals surface area contributed by atoms with E-state index in [0.717, 1.165) is 50.1 Å². The summed E-state index contributed by atoms with van der Waals surface area (Å²) in [6.45, 7) is 6.00. The summed E-state index contributed by atoms with van der Waals surface area (Å²) in [5.41, 5.74) is 1.08. The van der Waals surface area contributed by atoms with E-state index in [1.54, 1.807) is 13.2 Å². The first kappa shape index (κ1) is 19.0. The average molecular weight is 315 g/mol. The molecule has 126 valence electrons. The van der Waals surface area contributed by atoms with Gasteiger partial charge in [0.25, 0.3) is 0 Å². The maximum atomic E-state index is 12.2. The van der Waals surface area contributed by atoms with Crippen LogP contribution in [0.5, 0.6) is 5.75 Å².